The second-order valence-electron chi connectivity index (χ2n) is 16.2. The number of aryl methyl sites for hydroxylation is 3. The van der Waals surface area contributed by atoms with Crippen molar-refractivity contribution in [1.29, 1.82) is 5.26 Å². The number of nitriles is 1. The number of carbonyl (C=O) groups is 1. The third-order valence-corrected chi connectivity index (χ3v) is 13.2. The number of likely N-dealkylation sites (tertiary alicyclic amines) is 1. The molecule has 342 valence electrons. The van der Waals surface area contributed by atoms with Crippen molar-refractivity contribution >= 4 is 37.0 Å². The summed E-state index contributed by atoms with van der Waals surface area (Å²) in [5.74, 6) is 1.18. The lowest BCUT2D eigenvalue weighted by Crippen LogP contribution is -2.48. The molecule has 6 aromatic rings. The van der Waals surface area contributed by atoms with Gasteiger partial charge in [-0.15, -0.1) is 0 Å². The normalized spacial score (nSPS) is 15.0. The molecule has 0 spiro atoms. The van der Waals surface area contributed by atoms with Gasteiger partial charge in [0, 0.05) is 57.2 Å². The molecule has 2 saturated heterocycles. The van der Waals surface area contributed by atoms with Crippen LogP contribution in [0.5, 0.6) is 5.88 Å². The molecule has 4 aromatic carbocycles. The molecule has 17 heteroatoms. The van der Waals surface area contributed by atoms with Gasteiger partial charge in [-0.1, -0.05) is 59.7 Å². The van der Waals surface area contributed by atoms with Gasteiger partial charge in [-0.05, 0) is 112 Å². The van der Waals surface area contributed by atoms with Gasteiger partial charge in [0.15, 0.2) is 0 Å². The Morgan fingerprint density at radius 2 is 1.31 bits per heavy atom. The maximum absolute atomic E-state index is 13.6. The highest BCUT2D eigenvalue weighted by Crippen LogP contribution is 2.32. The zero-order chi connectivity index (χ0) is 46.7. The molecule has 65 heavy (non-hydrogen) atoms. The van der Waals surface area contributed by atoms with E-state index >= 15 is 0 Å². The minimum Gasteiger partial charge on any atom is -0.477 e. The Labute approximate surface area is 381 Å². The molecule has 8 rings (SSSR count). The van der Waals surface area contributed by atoms with Gasteiger partial charge in [-0.25, -0.2) is 4.98 Å². The Hall–Kier alpha value is -6.00. The molecular weight excluding hydrogens is 867 g/mol. The minimum atomic E-state index is -4.02. The van der Waals surface area contributed by atoms with E-state index in [0.717, 1.165) is 85.5 Å². The van der Waals surface area contributed by atoms with Crippen LogP contribution in [0.15, 0.2) is 119 Å². The Bertz CT molecular complexity index is 2720. The summed E-state index contributed by atoms with van der Waals surface area (Å²) in [6.45, 7) is 13.0. The average molecular weight is 922 g/mol. The monoisotopic (exact) mass is 921 g/mol. The number of fused-ring (bicyclic) bond motifs is 1. The number of amides is 1. The van der Waals surface area contributed by atoms with Crippen LogP contribution in [-0.2, 0) is 40.4 Å². The smallest absolute Gasteiger partial charge is 0.294 e. The van der Waals surface area contributed by atoms with E-state index < -0.39 is 20.2 Å². The largest absolute Gasteiger partial charge is 0.477 e. The first kappa shape index (κ1) is 48.5. The average Bonchev–Trinajstić information content (AvgIpc) is 3.63. The third-order valence-electron chi connectivity index (χ3n) is 11.5. The molecule has 2 aliphatic heterocycles. The number of rotatable bonds is 10. The van der Waals surface area contributed by atoms with E-state index in [-0.39, 0.29) is 15.7 Å². The number of hydrogen-bond acceptors (Lipinski definition) is 11. The highest BCUT2D eigenvalue weighted by molar-refractivity contribution is 7.86. The first-order valence-corrected chi connectivity index (χ1v) is 24.2. The van der Waals surface area contributed by atoms with Crippen molar-refractivity contribution in [3.05, 3.63) is 149 Å². The van der Waals surface area contributed by atoms with E-state index in [1.807, 2.05) is 69.2 Å². The van der Waals surface area contributed by atoms with Gasteiger partial charge < -0.3 is 14.2 Å². The molecule has 2 fully saturated rings. The van der Waals surface area contributed by atoms with E-state index in [9.17, 15) is 21.6 Å². The fourth-order valence-corrected chi connectivity index (χ4v) is 8.70. The van der Waals surface area contributed by atoms with Crippen molar-refractivity contribution in [1.82, 2.24) is 29.2 Å². The molecule has 2 aliphatic rings. The molecule has 15 nitrogen and oxygen atoms in total. The first-order valence-electron chi connectivity index (χ1n) is 21.3. The maximum atomic E-state index is 13.6. The SMILES string of the molecule is CCOc1cnc(CN2CCC(c3ccc4cc(C(=O)N5CCN(Cc6ccc(C#N)cc6)CC5)n(C)c4c3)CC2)cn1.Cc1ccc(S(=O)(=O)O)cc1.Cc1ccc(S(=O)(=O)O)cc1. The lowest BCUT2D eigenvalue weighted by molar-refractivity contribution is 0.0619. The van der Waals surface area contributed by atoms with Crippen molar-refractivity contribution in [2.45, 2.75) is 62.4 Å². The topological polar surface area (TPSA) is 199 Å². The van der Waals surface area contributed by atoms with Gasteiger partial charge in [0.1, 0.15) is 5.69 Å². The van der Waals surface area contributed by atoms with Gasteiger partial charge in [0.25, 0.3) is 26.1 Å². The zero-order valence-electron chi connectivity index (χ0n) is 37.0. The third kappa shape index (κ3) is 13.5. The maximum Gasteiger partial charge on any atom is 0.294 e. The van der Waals surface area contributed by atoms with Crippen LogP contribution in [0.25, 0.3) is 10.9 Å². The number of piperidine rings is 1. The number of ether oxygens (including phenoxy) is 1. The fraction of sp³-hybridized carbons (Fsp3) is 0.333. The number of benzene rings is 4. The number of nitrogens with zero attached hydrogens (tertiary/aromatic N) is 7. The van der Waals surface area contributed by atoms with Crippen molar-refractivity contribution in [2.75, 3.05) is 45.9 Å². The Morgan fingerprint density at radius 3 is 1.82 bits per heavy atom. The second kappa shape index (κ2) is 21.8. The molecule has 4 heterocycles. The molecule has 0 atom stereocenters. The summed E-state index contributed by atoms with van der Waals surface area (Å²) in [6, 6.07) is 30.7. The van der Waals surface area contributed by atoms with E-state index in [4.69, 9.17) is 19.1 Å². The summed E-state index contributed by atoms with van der Waals surface area (Å²) in [5, 5.41) is 10.1. The molecule has 0 unspecified atom stereocenters. The van der Waals surface area contributed by atoms with Crippen molar-refractivity contribution in [3.63, 3.8) is 0 Å². The van der Waals surface area contributed by atoms with E-state index in [2.05, 4.69) is 48.6 Å². The highest BCUT2D eigenvalue weighted by atomic mass is 32.2. The number of aromatic nitrogens is 3. The zero-order valence-corrected chi connectivity index (χ0v) is 38.7. The van der Waals surface area contributed by atoms with Crippen molar-refractivity contribution < 1.29 is 35.5 Å². The predicted octanol–water partition coefficient (Wildman–Crippen LogP) is 7.06. The second-order valence-corrected chi connectivity index (χ2v) is 19.0. The van der Waals surface area contributed by atoms with Crippen LogP contribution >= 0.6 is 0 Å². The summed E-state index contributed by atoms with van der Waals surface area (Å²) in [7, 11) is -6.02. The molecular formula is C48H55N7O8S2. The number of piperazine rings is 1. The summed E-state index contributed by atoms with van der Waals surface area (Å²) in [5.41, 5.74) is 7.97. The van der Waals surface area contributed by atoms with Crippen LogP contribution in [0.3, 0.4) is 0 Å². The summed E-state index contributed by atoms with van der Waals surface area (Å²) in [6.07, 6.45) is 5.72. The Balaban J connectivity index is 0.000000259. The van der Waals surface area contributed by atoms with Crippen LogP contribution in [0.1, 0.15) is 69.7 Å². The Kier molecular flexibility index (Phi) is 16.2. The predicted molar refractivity (Wildman–Crippen MR) is 248 cm³/mol. The van der Waals surface area contributed by atoms with Gasteiger partial charge in [-0.2, -0.15) is 22.1 Å². The molecule has 0 saturated carbocycles. The Morgan fingerprint density at radius 1 is 0.738 bits per heavy atom. The molecule has 2 aromatic heterocycles. The molecule has 0 radical (unpaired) electrons. The molecule has 0 bridgehead atoms. The van der Waals surface area contributed by atoms with Crippen molar-refractivity contribution in [2.24, 2.45) is 7.05 Å². The summed E-state index contributed by atoms with van der Waals surface area (Å²) >= 11 is 0. The van der Waals surface area contributed by atoms with Gasteiger partial charge >= 0.3 is 0 Å². The minimum absolute atomic E-state index is 0.0666. The van der Waals surface area contributed by atoms with Gasteiger partial charge in [-0.3, -0.25) is 28.7 Å². The van der Waals surface area contributed by atoms with Crippen LogP contribution in [0, 0.1) is 25.2 Å². The standard InChI is InChI=1S/C34H39N7O2.2C7H8O3S/c1-3-43-33-22-36-30(21-37-33)24-39-12-10-27(11-13-39)28-8-9-29-19-32(38(2)31(29)18-28)34(42)41-16-14-40(15-17-41)23-26-6-4-25(20-35)5-7-26;2*1-6-2-4-7(5-3-6)11(8,9)10/h4-9,18-19,21-22,27H,3,10-17,23-24H2,1-2H3;2*2-5H,1H3,(H,8,9,10). The van der Waals surface area contributed by atoms with Crippen LogP contribution in [0.2, 0.25) is 0 Å². The molecule has 1 amide bonds. The quantitative estimate of drug-likeness (QED) is 0.133. The van der Waals surface area contributed by atoms with Crippen LogP contribution < -0.4 is 4.74 Å². The fourth-order valence-electron chi connectivity index (χ4n) is 7.74. The number of carbonyl (C=O) groups excluding carboxylic acids is 1. The van der Waals surface area contributed by atoms with E-state index in [1.54, 1.807) is 30.5 Å². The van der Waals surface area contributed by atoms with Gasteiger partial charge in [0.2, 0.25) is 5.88 Å². The lowest BCUT2D eigenvalue weighted by Gasteiger charge is -2.34. The van der Waals surface area contributed by atoms with Gasteiger partial charge in [0.05, 0.1) is 46.1 Å². The lowest BCUT2D eigenvalue weighted by atomic mass is 9.89. The van der Waals surface area contributed by atoms with Crippen molar-refractivity contribution in [3.8, 4) is 11.9 Å². The van der Waals surface area contributed by atoms with E-state index in [0.29, 0.717) is 37.1 Å². The van der Waals surface area contributed by atoms with Crippen LogP contribution in [0.4, 0.5) is 0 Å². The van der Waals surface area contributed by atoms with E-state index in [1.165, 1.54) is 35.4 Å². The summed E-state index contributed by atoms with van der Waals surface area (Å²) < 4.78 is 66.6. The highest BCUT2D eigenvalue weighted by Gasteiger charge is 2.26. The first-order chi connectivity index (χ1) is 31.0. The summed E-state index contributed by atoms with van der Waals surface area (Å²) in [4.78, 5) is 29.1. The molecule has 2 N–H and O–H groups in total. The molecule has 0 aliphatic carbocycles. The number of hydrogen-bond donors (Lipinski definition) is 2. The van der Waals surface area contributed by atoms with Crippen LogP contribution in [-0.4, -0.2) is 107 Å².